The van der Waals surface area contributed by atoms with E-state index in [1.807, 2.05) is 0 Å². The zero-order valence-corrected chi connectivity index (χ0v) is 8.90. The van der Waals surface area contributed by atoms with Gasteiger partial charge in [-0.05, 0) is 37.1 Å². The molecule has 0 atom stereocenters. The van der Waals surface area contributed by atoms with Crippen LogP contribution < -0.4 is 5.32 Å². The van der Waals surface area contributed by atoms with Gasteiger partial charge in [-0.1, -0.05) is 13.8 Å². The third kappa shape index (κ3) is 3.04. The standard InChI is InChI=1S/C12H21N/c1-4-5-6-9-13-10-12(7-8-12)11(2)3/h1,11,13H,5-10H2,2-3H3. The van der Waals surface area contributed by atoms with Crippen LogP contribution in [0.5, 0.6) is 0 Å². The van der Waals surface area contributed by atoms with E-state index in [0.717, 1.165) is 25.3 Å². The summed E-state index contributed by atoms with van der Waals surface area (Å²) in [4.78, 5) is 0. The fraction of sp³-hybridized carbons (Fsp3) is 0.833. The Bertz CT molecular complexity index is 184. The summed E-state index contributed by atoms with van der Waals surface area (Å²) in [6, 6.07) is 0. The van der Waals surface area contributed by atoms with Crippen LogP contribution in [0.3, 0.4) is 0 Å². The Labute approximate surface area is 82.3 Å². The highest BCUT2D eigenvalue weighted by atomic mass is 14.9. The van der Waals surface area contributed by atoms with Crippen molar-refractivity contribution in [1.82, 2.24) is 5.32 Å². The maximum atomic E-state index is 5.18. The minimum absolute atomic E-state index is 0.635. The van der Waals surface area contributed by atoms with Gasteiger partial charge in [0, 0.05) is 13.0 Å². The van der Waals surface area contributed by atoms with Gasteiger partial charge in [0.2, 0.25) is 0 Å². The molecule has 0 saturated heterocycles. The molecule has 0 aromatic carbocycles. The second-order valence-corrected chi connectivity index (χ2v) is 4.50. The van der Waals surface area contributed by atoms with Crippen LogP contribution in [-0.2, 0) is 0 Å². The summed E-state index contributed by atoms with van der Waals surface area (Å²) in [6.07, 6.45) is 10.0. The van der Waals surface area contributed by atoms with E-state index in [9.17, 15) is 0 Å². The Morgan fingerprint density at radius 2 is 2.15 bits per heavy atom. The van der Waals surface area contributed by atoms with E-state index >= 15 is 0 Å². The van der Waals surface area contributed by atoms with Gasteiger partial charge in [0.05, 0.1) is 0 Å². The zero-order valence-electron chi connectivity index (χ0n) is 8.90. The first-order valence-corrected chi connectivity index (χ1v) is 5.35. The summed E-state index contributed by atoms with van der Waals surface area (Å²) in [7, 11) is 0. The van der Waals surface area contributed by atoms with Crippen LogP contribution in [0.25, 0.3) is 0 Å². The maximum absolute atomic E-state index is 5.18. The monoisotopic (exact) mass is 179 g/mol. The Balaban J connectivity index is 2.03. The van der Waals surface area contributed by atoms with Crippen LogP contribution in [0.15, 0.2) is 0 Å². The van der Waals surface area contributed by atoms with Gasteiger partial charge >= 0.3 is 0 Å². The summed E-state index contributed by atoms with van der Waals surface area (Å²) < 4.78 is 0. The lowest BCUT2D eigenvalue weighted by Gasteiger charge is -2.19. The van der Waals surface area contributed by atoms with Crippen LogP contribution in [0, 0.1) is 23.7 Å². The van der Waals surface area contributed by atoms with Crippen LogP contribution in [0.2, 0.25) is 0 Å². The molecule has 1 fully saturated rings. The molecule has 1 nitrogen and oxygen atoms in total. The molecule has 0 amide bonds. The summed E-state index contributed by atoms with van der Waals surface area (Å²) in [5.41, 5.74) is 0.635. The number of unbranched alkanes of at least 4 members (excludes halogenated alkanes) is 1. The van der Waals surface area contributed by atoms with Gasteiger partial charge in [-0.25, -0.2) is 0 Å². The van der Waals surface area contributed by atoms with Gasteiger partial charge in [-0.3, -0.25) is 0 Å². The van der Waals surface area contributed by atoms with Crippen LogP contribution in [0.4, 0.5) is 0 Å². The number of terminal acetylenes is 1. The van der Waals surface area contributed by atoms with Crippen molar-refractivity contribution in [2.45, 2.75) is 39.5 Å². The van der Waals surface area contributed by atoms with E-state index in [1.54, 1.807) is 0 Å². The van der Waals surface area contributed by atoms with Crippen molar-refractivity contribution in [3.63, 3.8) is 0 Å². The SMILES string of the molecule is C#CCCCNCC1(C(C)C)CC1. The quantitative estimate of drug-likeness (QED) is 0.488. The Morgan fingerprint density at radius 3 is 2.62 bits per heavy atom. The summed E-state index contributed by atoms with van der Waals surface area (Å²) in [6.45, 7) is 6.93. The molecule has 0 radical (unpaired) electrons. The van der Waals surface area contributed by atoms with E-state index in [2.05, 4.69) is 25.1 Å². The molecule has 1 saturated carbocycles. The molecular formula is C12H21N. The first-order valence-electron chi connectivity index (χ1n) is 5.35. The van der Waals surface area contributed by atoms with E-state index in [4.69, 9.17) is 6.42 Å². The van der Waals surface area contributed by atoms with Crippen molar-refractivity contribution < 1.29 is 0 Å². The van der Waals surface area contributed by atoms with Gasteiger partial charge in [-0.15, -0.1) is 12.3 Å². The lowest BCUT2D eigenvalue weighted by molar-refractivity contribution is 0.338. The Morgan fingerprint density at radius 1 is 1.46 bits per heavy atom. The predicted molar refractivity (Wildman–Crippen MR) is 57.4 cm³/mol. The van der Waals surface area contributed by atoms with Crippen molar-refractivity contribution in [2.24, 2.45) is 11.3 Å². The molecule has 1 heteroatoms. The van der Waals surface area contributed by atoms with E-state index < -0.39 is 0 Å². The molecule has 0 aromatic heterocycles. The van der Waals surface area contributed by atoms with Gasteiger partial charge < -0.3 is 5.32 Å². The number of hydrogen-bond donors (Lipinski definition) is 1. The van der Waals surface area contributed by atoms with Crippen molar-refractivity contribution >= 4 is 0 Å². The van der Waals surface area contributed by atoms with Gasteiger partial charge in [0.25, 0.3) is 0 Å². The first kappa shape index (κ1) is 10.6. The van der Waals surface area contributed by atoms with E-state index in [0.29, 0.717) is 5.41 Å². The van der Waals surface area contributed by atoms with Gasteiger partial charge in [0.1, 0.15) is 0 Å². The van der Waals surface area contributed by atoms with Crippen LogP contribution >= 0.6 is 0 Å². The molecule has 0 heterocycles. The smallest absolute Gasteiger partial charge is 0.00981 e. The Hall–Kier alpha value is -0.480. The van der Waals surface area contributed by atoms with Gasteiger partial charge in [0.15, 0.2) is 0 Å². The molecule has 1 aliphatic carbocycles. The van der Waals surface area contributed by atoms with E-state index in [1.165, 1.54) is 19.4 Å². The molecule has 13 heavy (non-hydrogen) atoms. The highest BCUT2D eigenvalue weighted by molar-refractivity contribution is 4.97. The third-order valence-corrected chi connectivity index (χ3v) is 3.27. The summed E-state index contributed by atoms with van der Waals surface area (Å²) in [5, 5.41) is 3.51. The molecule has 1 aliphatic rings. The van der Waals surface area contributed by atoms with Crippen molar-refractivity contribution in [3.05, 3.63) is 0 Å². The number of hydrogen-bond acceptors (Lipinski definition) is 1. The minimum Gasteiger partial charge on any atom is -0.316 e. The lowest BCUT2D eigenvalue weighted by atomic mass is 9.92. The highest BCUT2D eigenvalue weighted by Crippen LogP contribution is 2.51. The summed E-state index contributed by atoms with van der Waals surface area (Å²) >= 11 is 0. The number of nitrogens with one attached hydrogen (secondary N) is 1. The molecule has 74 valence electrons. The third-order valence-electron chi connectivity index (χ3n) is 3.27. The predicted octanol–water partition coefficient (Wildman–Crippen LogP) is 2.43. The minimum atomic E-state index is 0.635. The van der Waals surface area contributed by atoms with Crippen molar-refractivity contribution in [3.8, 4) is 12.3 Å². The largest absolute Gasteiger partial charge is 0.316 e. The lowest BCUT2D eigenvalue weighted by Crippen LogP contribution is -2.28. The maximum Gasteiger partial charge on any atom is 0.00981 e. The Kier molecular flexibility index (Phi) is 3.81. The van der Waals surface area contributed by atoms with Crippen molar-refractivity contribution in [2.75, 3.05) is 13.1 Å². The van der Waals surface area contributed by atoms with Gasteiger partial charge in [-0.2, -0.15) is 0 Å². The fourth-order valence-corrected chi connectivity index (χ4v) is 1.77. The first-order chi connectivity index (χ1) is 6.21. The topological polar surface area (TPSA) is 12.0 Å². The second kappa shape index (κ2) is 4.67. The molecule has 0 aromatic rings. The van der Waals surface area contributed by atoms with Crippen LogP contribution in [0.1, 0.15) is 39.5 Å². The summed E-state index contributed by atoms with van der Waals surface area (Å²) in [5.74, 6) is 3.49. The van der Waals surface area contributed by atoms with Crippen LogP contribution in [-0.4, -0.2) is 13.1 Å². The molecular weight excluding hydrogens is 158 g/mol. The molecule has 0 bridgehead atoms. The molecule has 1 rings (SSSR count). The highest BCUT2D eigenvalue weighted by Gasteiger charge is 2.44. The second-order valence-electron chi connectivity index (χ2n) is 4.50. The molecule has 0 aliphatic heterocycles. The average molecular weight is 179 g/mol. The zero-order chi connectivity index (χ0) is 9.73. The molecule has 1 N–H and O–H groups in total. The number of rotatable bonds is 6. The fourth-order valence-electron chi connectivity index (χ4n) is 1.77. The van der Waals surface area contributed by atoms with E-state index in [-0.39, 0.29) is 0 Å². The molecule has 0 spiro atoms. The normalized spacial score (nSPS) is 18.6. The average Bonchev–Trinajstić information content (AvgIpc) is 2.85. The van der Waals surface area contributed by atoms with Crippen molar-refractivity contribution in [1.29, 1.82) is 0 Å². The molecule has 0 unspecified atom stereocenters.